The third kappa shape index (κ3) is 4.07. The standard InChI is InChI=1S/C16H14N2O6/c1-10-6-7-14(13(8-10)18(22)23)24-9-15(19)17-12-5-3-2-4-11(12)16(20)21/h2-8H,9H2,1H3,(H,17,19)(H,20,21)/p-1. The van der Waals surface area contributed by atoms with Gasteiger partial charge in [0.2, 0.25) is 0 Å². The lowest BCUT2D eigenvalue weighted by Gasteiger charge is -2.12. The summed E-state index contributed by atoms with van der Waals surface area (Å²) in [6.07, 6.45) is 0. The number of carboxylic acid groups (broad SMARTS) is 1. The maximum atomic E-state index is 11.9. The first-order chi connectivity index (χ1) is 11.4. The van der Waals surface area contributed by atoms with Crippen molar-refractivity contribution in [3.63, 3.8) is 0 Å². The summed E-state index contributed by atoms with van der Waals surface area (Å²) in [6, 6.07) is 10.1. The van der Waals surface area contributed by atoms with Crippen LogP contribution < -0.4 is 15.2 Å². The van der Waals surface area contributed by atoms with E-state index in [1.54, 1.807) is 19.1 Å². The van der Waals surface area contributed by atoms with Crippen LogP contribution in [0.3, 0.4) is 0 Å². The molecule has 0 aliphatic rings. The van der Waals surface area contributed by atoms with Crippen LogP contribution in [0.5, 0.6) is 5.75 Å². The SMILES string of the molecule is Cc1ccc(OCC(=O)Nc2ccccc2C(=O)[O-])c([N+](=O)[O-])c1. The Kier molecular flexibility index (Phi) is 5.10. The fraction of sp³-hybridized carbons (Fsp3) is 0.125. The Morgan fingerprint density at radius 2 is 1.92 bits per heavy atom. The number of anilines is 1. The van der Waals surface area contributed by atoms with Crippen molar-refractivity contribution in [2.45, 2.75) is 6.92 Å². The highest BCUT2D eigenvalue weighted by molar-refractivity contribution is 6.00. The molecule has 8 nitrogen and oxygen atoms in total. The molecule has 124 valence electrons. The number of hydrogen-bond acceptors (Lipinski definition) is 6. The van der Waals surface area contributed by atoms with Gasteiger partial charge in [0.25, 0.3) is 5.91 Å². The van der Waals surface area contributed by atoms with Crippen LogP contribution in [-0.4, -0.2) is 23.4 Å². The van der Waals surface area contributed by atoms with Crippen LogP contribution in [0.1, 0.15) is 15.9 Å². The highest BCUT2D eigenvalue weighted by Crippen LogP contribution is 2.27. The Balaban J connectivity index is 2.07. The van der Waals surface area contributed by atoms with Crippen LogP contribution in [0, 0.1) is 17.0 Å². The summed E-state index contributed by atoms with van der Waals surface area (Å²) >= 11 is 0. The number of nitro groups is 1. The molecule has 0 spiro atoms. The number of benzene rings is 2. The maximum Gasteiger partial charge on any atom is 0.311 e. The van der Waals surface area contributed by atoms with Gasteiger partial charge in [0.1, 0.15) is 0 Å². The number of rotatable bonds is 6. The quantitative estimate of drug-likeness (QED) is 0.629. The molecule has 24 heavy (non-hydrogen) atoms. The number of para-hydroxylation sites is 1. The van der Waals surface area contributed by atoms with E-state index in [1.807, 2.05) is 0 Å². The topological polar surface area (TPSA) is 122 Å². The Morgan fingerprint density at radius 1 is 1.21 bits per heavy atom. The molecule has 0 saturated heterocycles. The zero-order valence-electron chi connectivity index (χ0n) is 12.6. The van der Waals surface area contributed by atoms with Gasteiger partial charge in [-0.2, -0.15) is 0 Å². The number of carboxylic acids is 1. The molecule has 2 aromatic rings. The Bertz CT molecular complexity index is 803. The molecule has 0 bridgehead atoms. The second kappa shape index (κ2) is 7.23. The van der Waals surface area contributed by atoms with Gasteiger partial charge in [-0.3, -0.25) is 14.9 Å². The van der Waals surface area contributed by atoms with Gasteiger partial charge >= 0.3 is 5.69 Å². The van der Waals surface area contributed by atoms with Crippen molar-refractivity contribution >= 4 is 23.3 Å². The van der Waals surface area contributed by atoms with Gasteiger partial charge in [0.05, 0.1) is 10.9 Å². The number of aryl methyl sites for hydroxylation is 1. The molecule has 0 heterocycles. The molecule has 2 aromatic carbocycles. The molecule has 0 fully saturated rings. The first kappa shape index (κ1) is 16.9. The van der Waals surface area contributed by atoms with Crippen LogP contribution in [0.25, 0.3) is 0 Å². The van der Waals surface area contributed by atoms with Crippen LogP contribution in [0.4, 0.5) is 11.4 Å². The van der Waals surface area contributed by atoms with Gasteiger partial charge in [-0.15, -0.1) is 0 Å². The summed E-state index contributed by atoms with van der Waals surface area (Å²) in [7, 11) is 0. The van der Waals surface area contributed by atoms with Crippen LogP contribution in [0.15, 0.2) is 42.5 Å². The molecule has 0 aliphatic carbocycles. The molecule has 0 aromatic heterocycles. The van der Waals surface area contributed by atoms with Crippen molar-refractivity contribution < 1.29 is 24.4 Å². The molecule has 1 N–H and O–H groups in total. The largest absolute Gasteiger partial charge is 0.545 e. The minimum absolute atomic E-state index is 0.0473. The van der Waals surface area contributed by atoms with Crippen LogP contribution in [0.2, 0.25) is 0 Å². The van der Waals surface area contributed by atoms with Crippen molar-refractivity contribution in [1.82, 2.24) is 0 Å². The molecule has 0 atom stereocenters. The average Bonchev–Trinajstić information content (AvgIpc) is 2.53. The molecule has 8 heteroatoms. The lowest BCUT2D eigenvalue weighted by atomic mass is 10.2. The summed E-state index contributed by atoms with van der Waals surface area (Å²) < 4.78 is 5.17. The number of aromatic carboxylic acids is 1. The molecular formula is C16H13N2O6-. The molecule has 2 rings (SSSR count). The number of carbonyl (C=O) groups excluding carboxylic acids is 2. The second-order valence-corrected chi connectivity index (χ2v) is 4.90. The van der Waals surface area contributed by atoms with E-state index < -0.39 is 23.4 Å². The van der Waals surface area contributed by atoms with Gasteiger partial charge in [0, 0.05) is 17.3 Å². The number of nitrogens with one attached hydrogen (secondary N) is 1. The summed E-state index contributed by atoms with van der Waals surface area (Å²) in [5.74, 6) is -2.13. The number of nitro benzene ring substituents is 1. The van der Waals surface area contributed by atoms with Crippen LogP contribution in [-0.2, 0) is 4.79 Å². The molecule has 1 amide bonds. The van der Waals surface area contributed by atoms with Gasteiger partial charge in [0.15, 0.2) is 12.4 Å². The minimum Gasteiger partial charge on any atom is -0.545 e. The number of nitrogens with zero attached hydrogens (tertiary/aromatic N) is 1. The highest BCUT2D eigenvalue weighted by atomic mass is 16.6. The molecule has 0 saturated carbocycles. The summed E-state index contributed by atoms with van der Waals surface area (Å²) in [4.78, 5) is 33.2. The van der Waals surface area contributed by atoms with Crippen molar-refractivity contribution in [3.05, 3.63) is 63.7 Å². The number of ether oxygens (including phenoxy) is 1. The van der Waals surface area contributed by atoms with E-state index in [9.17, 15) is 24.8 Å². The molecular weight excluding hydrogens is 316 g/mol. The van der Waals surface area contributed by atoms with Gasteiger partial charge in [-0.25, -0.2) is 0 Å². The second-order valence-electron chi connectivity index (χ2n) is 4.90. The Hall–Kier alpha value is -3.42. The van der Waals surface area contributed by atoms with E-state index in [0.717, 1.165) is 0 Å². The smallest absolute Gasteiger partial charge is 0.311 e. The van der Waals surface area contributed by atoms with Gasteiger partial charge < -0.3 is 20.0 Å². The lowest BCUT2D eigenvalue weighted by Crippen LogP contribution is -2.26. The average molecular weight is 329 g/mol. The van der Waals surface area contributed by atoms with E-state index in [2.05, 4.69) is 5.32 Å². The highest BCUT2D eigenvalue weighted by Gasteiger charge is 2.16. The third-order valence-electron chi connectivity index (χ3n) is 3.09. The normalized spacial score (nSPS) is 10.0. The van der Waals surface area contributed by atoms with E-state index in [4.69, 9.17) is 4.74 Å². The molecule has 0 aliphatic heterocycles. The molecule has 0 unspecified atom stereocenters. The van der Waals surface area contributed by atoms with E-state index in [-0.39, 0.29) is 22.7 Å². The first-order valence-corrected chi connectivity index (χ1v) is 6.86. The third-order valence-corrected chi connectivity index (χ3v) is 3.09. The predicted octanol–water partition coefficient (Wildman–Crippen LogP) is 1.28. The minimum atomic E-state index is -1.43. The van der Waals surface area contributed by atoms with Crippen molar-refractivity contribution in [1.29, 1.82) is 0 Å². The predicted molar refractivity (Wildman–Crippen MR) is 82.7 cm³/mol. The zero-order chi connectivity index (χ0) is 17.7. The fourth-order valence-corrected chi connectivity index (χ4v) is 1.99. The van der Waals surface area contributed by atoms with E-state index in [0.29, 0.717) is 5.56 Å². The van der Waals surface area contributed by atoms with Crippen LogP contribution >= 0.6 is 0 Å². The number of amides is 1. The summed E-state index contributed by atoms with van der Waals surface area (Å²) in [6.45, 7) is 1.19. The first-order valence-electron chi connectivity index (χ1n) is 6.86. The summed E-state index contributed by atoms with van der Waals surface area (Å²) in [5.41, 5.74) is 0.316. The van der Waals surface area contributed by atoms with Crippen molar-refractivity contribution in [3.8, 4) is 5.75 Å². The summed E-state index contributed by atoms with van der Waals surface area (Å²) in [5, 5.41) is 24.3. The van der Waals surface area contributed by atoms with Crippen molar-refractivity contribution in [2.75, 3.05) is 11.9 Å². The monoisotopic (exact) mass is 329 g/mol. The Labute approximate surface area is 136 Å². The van der Waals surface area contributed by atoms with Gasteiger partial charge in [-0.05, 0) is 24.6 Å². The number of carbonyl (C=O) groups is 2. The number of hydrogen-bond donors (Lipinski definition) is 1. The van der Waals surface area contributed by atoms with Gasteiger partial charge in [-0.1, -0.05) is 24.3 Å². The molecule has 0 radical (unpaired) electrons. The van der Waals surface area contributed by atoms with Crippen molar-refractivity contribution in [2.24, 2.45) is 0 Å². The maximum absolute atomic E-state index is 11.9. The zero-order valence-corrected chi connectivity index (χ0v) is 12.6. The lowest BCUT2D eigenvalue weighted by molar-refractivity contribution is -0.385. The Morgan fingerprint density at radius 3 is 2.58 bits per heavy atom. The van der Waals surface area contributed by atoms with E-state index in [1.165, 1.54) is 30.3 Å². The van der Waals surface area contributed by atoms with E-state index >= 15 is 0 Å². The fourth-order valence-electron chi connectivity index (χ4n) is 1.99.